The van der Waals surface area contributed by atoms with Crippen molar-refractivity contribution >= 4 is 0 Å². The van der Waals surface area contributed by atoms with Gasteiger partial charge in [0.25, 0.3) is 0 Å². The van der Waals surface area contributed by atoms with Crippen LogP contribution in [-0.2, 0) is 17.7 Å². The predicted octanol–water partition coefficient (Wildman–Crippen LogP) is 5.72. The van der Waals surface area contributed by atoms with E-state index in [2.05, 4.69) is 89.8 Å². The molecular weight excluding hydrogens is 406 g/mol. The summed E-state index contributed by atoms with van der Waals surface area (Å²) in [4.78, 5) is 2.45. The van der Waals surface area contributed by atoms with Gasteiger partial charge in [-0.05, 0) is 41.0 Å². The first-order chi connectivity index (χ1) is 16.2. The van der Waals surface area contributed by atoms with Crippen LogP contribution in [0.1, 0.15) is 36.8 Å². The SMILES string of the molecule is OC(Cc1ccccc1-c1ccccc1)(C1CCCC1)C1CN(Cc2ccccc2)CCO1. The van der Waals surface area contributed by atoms with Crippen molar-refractivity contribution in [1.29, 1.82) is 0 Å². The van der Waals surface area contributed by atoms with E-state index >= 15 is 0 Å². The molecule has 1 aliphatic carbocycles. The van der Waals surface area contributed by atoms with Gasteiger partial charge >= 0.3 is 0 Å². The fourth-order valence-electron chi connectivity index (χ4n) is 5.82. The molecule has 5 rings (SSSR count). The Balaban J connectivity index is 1.42. The van der Waals surface area contributed by atoms with Crippen LogP contribution >= 0.6 is 0 Å². The smallest absolute Gasteiger partial charge is 0.0995 e. The number of hydrogen-bond acceptors (Lipinski definition) is 3. The Morgan fingerprint density at radius 3 is 2.27 bits per heavy atom. The van der Waals surface area contributed by atoms with Crippen molar-refractivity contribution in [2.45, 2.75) is 50.4 Å². The Hall–Kier alpha value is -2.46. The third-order valence-electron chi connectivity index (χ3n) is 7.60. The molecule has 3 aromatic carbocycles. The Bertz CT molecular complexity index is 1020. The van der Waals surface area contributed by atoms with Gasteiger partial charge in [-0.2, -0.15) is 0 Å². The van der Waals surface area contributed by atoms with E-state index in [-0.39, 0.29) is 12.0 Å². The molecule has 3 aromatic rings. The van der Waals surface area contributed by atoms with Gasteiger partial charge in [0.1, 0.15) is 0 Å². The average molecular weight is 442 g/mol. The molecule has 2 fully saturated rings. The number of ether oxygens (including phenoxy) is 1. The van der Waals surface area contributed by atoms with Gasteiger partial charge in [-0.1, -0.05) is 97.8 Å². The minimum absolute atomic E-state index is 0.179. The van der Waals surface area contributed by atoms with Crippen LogP contribution in [0.3, 0.4) is 0 Å². The van der Waals surface area contributed by atoms with Gasteiger partial charge in [0, 0.05) is 26.1 Å². The lowest BCUT2D eigenvalue weighted by Crippen LogP contribution is -2.58. The van der Waals surface area contributed by atoms with Gasteiger partial charge in [0.05, 0.1) is 18.3 Å². The second-order valence-electron chi connectivity index (χ2n) is 9.75. The third-order valence-corrected chi connectivity index (χ3v) is 7.60. The lowest BCUT2D eigenvalue weighted by Gasteiger charge is -2.45. The van der Waals surface area contributed by atoms with Crippen molar-refractivity contribution in [2.75, 3.05) is 19.7 Å². The van der Waals surface area contributed by atoms with Crippen molar-refractivity contribution in [3.8, 4) is 11.1 Å². The number of morpholine rings is 1. The Morgan fingerprint density at radius 2 is 1.52 bits per heavy atom. The lowest BCUT2D eigenvalue weighted by atomic mass is 9.75. The van der Waals surface area contributed by atoms with Crippen molar-refractivity contribution < 1.29 is 9.84 Å². The molecule has 3 nitrogen and oxygen atoms in total. The first kappa shape index (κ1) is 22.3. The molecule has 2 aliphatic rings. The van der Waals surface area contributed by atoms with E-state index in [1.807, 2.05) is 0 Å². The molecule has 3 heteroatoms. The van der Waals surface area contributed by atoms with Gasteiger partial charge < -0.3 is 9.84 Å². The molecular formula is C30H35NO2. The van der Waals surface area contributed by atoms with Crippen molar-refractivity contribution in [3.05, 3.63) is 96.1 Å². The molecule has 0 radical (unpaired) electrons. The minimum Gasteiger partial charge on any atom is -0.386 e. The first-order valence-electron chi connectivity index (χ1n) is 12.5. The molecule has 2 atom stereocenters. The van der Waals surface area contributed by atoms with Crippen molar-refractivity contribution in [1.82, 2.24) is 4.90 Å². The molecule has 2 unspecified atom stereocenters. The van der Waals surface area contributed by atoms with Crippen LogP contribution in [0.15, 0.2) is 84.9 Å². The van der Waals surface area contributed by atoms with Crippen LogP contribution in [-0.4, -0.2) is 41.4 Å². The largest absolute Gasteiger partial charge is 0.386 e. The van der Waals surface area contributed by atoms with E-state index < -0.39 is 5.60 Å². The summed E-state index contributed by atoms with van der Waals surface area (Å²) in [5, 5.41) is 12.4. The molecule has 1 heterocycles. The van der Waals surface area contributed by atoms with Gasteiger partial charge in [0.15, 0.2) is 0 Å². The summed E-state index contributed by atoms with van der Waals surface area (Å²) in [5.74, 6) is 0.281. The minimum atomic E-state index is -0.864. The van der Waals surface area contributed by atoms with Crippen LogP contribution in [0.2, 0.25) is 0 Å². The fourth-order valence-corrected chi connectivity index (χ4v) is 5.82. The highest BCUT2D eigenvalue weighted by Gasteiger charge is 2.47. The highest BCUT2D eigenvalue weighted by atomic mass is 16.5. The summed E-state index contributed by atoms with van der Waals surface area (Å²) in [5.41, 5.74) is 4.08. The van der Waals surface area contributed by atoms with Crippen LogP contribution < -0.4 is 0 Å². The second-order valence-corrected chi connectivity index (χ2v) is 9.75. The first-order valence-corrected chi connectivity index (χ1v) is 12.5. The maximum absolute atomic E-state index is 12.4. The summed E-state index contributed by atoms with van der Waals surface area (Å²) in [6.07, 6.45) is 5.03. The van der Waals surface area contributed by atoms with Gasteiger partial charge in [0.2, 0.25) is 0 Å². The third kappa shape index (κ3) is 5.06. The van der Waals surface area contributed by atoms with Crippen LogP contribution in [0, 0.1) is 5.92 Å². The number of benzene rings is 3. The molecule has 172 valence electrons. The second kappa shape index (κ2) is 10.2. The van der Waals surface area contributed by atoms with Gasteiger partial charge in [-0.15, -0.1) is 0 Å². The Labute approximate surface area is 198 Å². The molecule has 0 bridgehead atoms. The van der Waals surface area contributed by atoms with Crippen molar-refractivity contribution in [2.24, 2.45) is 5.92 Å². The number of nitrogens with zero attached hydrogens (tertiary/aromatic N) is 1. The molecule has 0 aromatic heterocycles. The quantitative estimate of drug-likeness (QED) is 0.509. The van der Waals surface area contributed by atoms with E-state index in [0.29, 0.717) is 13.0 Å². The van der Waals surface area contributed by atoms with Crippen LogP contribution in [0.4, 0.5) is 0 Å². The van der Waals surface area contributed by atoms with Crippen molar-refractivity contribution in [3.63, 3.8) is 0 Å². The summed E-state index contributed by atoms with van der Waals surface area (Å²) in [7, 11) is 0. The number of rotatable bonds is 7. The molecule has 1 saturated heterocycles. The van der Waals surface area contributed by atoms with E-state index in [0.717, 1.165) is 32.5 Å². The highest BCUT2D eigenvalue weighted by molar-refractivity contribution is 5.67. The highest BCUT2D eigenvalue weighted by Crippen LogP contribution is 2.41. The molecule has 1 N–H and O–H groups in total. The Kier molecular flexibility index (Phi) is 6.91. The van der Waals surface area contributed by atoms with E-state index in [1.165, 1.54) is 35.1 Å². The maximum Gasteiger partial charge on any atom is 0.0995 e. The zero-order valence-electron chi connectivity index (χ0n) is 19.4. The zero-order valence-corrected chi connectivity index (χ0v) is 19.4. The maximum atomic E-state index is 12.4. The molecule has 1 saturated carbocycles. The zero-order chi connectivity index (χ0) is 22.5. The molecule has 1 aliphatic heterocycles. The Morgan fingerprint density at radius 1 is 0.848 bits per heavy atom. The monoisotopic (exact) mass is 441 g/mol. The summed E-state index contributed by atoms with van der Waals surface area (Å²) < 4.78 is 6.35. The van der Waals surface area contributed by atoms with E-state index in [1.54, 1.807) is 0 Å². The van der Waals surface area contributed by atoms with Crippen LogP contribution in [0.25, 0.3) is 11.1 Å². The molecule has 0 amide bonds. The number of aliphatic hydroxyl groups is 1. The van der Waals surface area contributed by atoms with E-state index in [4.69, 9.17) is 4.74 Å². The van der Waals surface area contributed by atoms with Gasteiger partial charge in [-0.25, -0.2) is 0 Å². The predicted molar refractivity (Wildman–Crippen MR) is 134 cm³/mol. The topological polar surface area (TPSA) is 32.7 Å². The standard InChI is InChI=1S/C30H35NO2/c32-30(27-16-8-9-17-27,21-26-15-7-10-18-28(26)25-13-5-2-6-14-25)29-23-31(19-20-33-29)22-24-11-3-1-4-12-24/h1-7,10-15,18,27,29,32H,8-9,16-17,19-23H2. The molecule has 33 heavy (non-hydrogen) atoms. The summed E-state index contributed by atoms with van der Waals surface area (Å²) in [6.45, 7) is 3.26. The van der Waals surface area contributed by atoms with Gasteiger partial charge in [-0.3, -0.25) is 4.90 Å². The summed E-state index contributed by atoms with van der Waals surface area (Å²) >= 11 is 0. The fraction of sp³-hybridized carbons (Fsp3) is 0.400. The molecule has 0 spiro atoms. The number of hydrogen-bond donors (Lipinski definition) is 1. The normalized spacial score (nSPS) is 21.7. The van der Waals surface area contributed by atoms with E-state index in [9.17, 15) is 5.11 Å². The lowest BCUT2D eigenvalue weighted by molar-refractivity contribution is -0.168. The van der Waals surface area contributed by atoms with Crippen LogP contribution in [0.5, 0.6) is 0 Å². The average Bonchev–Trinajstić information content (AvgIpc) is 3.42. The summed E-state index contributed by atoms with van der Waals surface area (Å²) in [6, 6.07) is 29.7.